The van der Waals surface area contributed by atoms with Crippen LogP contribution in [0, 0.1) is 16.7 Å². The van der Waals surface area contributed by atoms with Crippen molar-refractivity contribution in [1.82, 2.24) is 0 Å². The molecule has 0 heterocycles. The molecular weight excluding hydrogens is 452 g/mol. The van der Waals surface area contributed by atoms with Gasteiger partial charge >= 0.3 is 0 Å². The van der Waals surface area contributed by atoms with Crippen molar-refractivity contribution < 1.29 is 19.2 Å². The zero-order valence-electron chi connectivity index (χ0n) is 21.1. The Morgan fingerprint density at radius 2 is 1.14 bits per heavy atom. The second-order valence-electron chi connectivity index (χ2n) is 10.3. The van der Waals surface area contributed by atoms with Crippen molar-refractivity contribution in [1.29, 1.82) is 0 Å². The average Bonchev–Trinajstić information content (AvgIpc) is 2.86. The molecule has 0 aliphatic heterocycles. The summed E-state index contributed by atoms with van der Waals surface area (Å²) in [5, 5.41) is 6.27. The zero-order valence-corrected chi connectivity index (χ0v) is 21.1. The van der Waals surface area contributed by atoms with E-state index in [2.05, 4.69) is 10.6 Å². The number of hydrogen-bond acceptors (Lipinski definition) is 6. The molecule has 0 amide bonds. The van der Waals surface area contributed by atoms with Gasteiger partial charge < -0.3 is 10.6 Å². The summed E-state index contributed by atoms with van der Waals surface area (Å²) < 4.78 is 0. The molecule has 0 fully saturated rings. The molecule has 1 atom stereocenters. The standard InChI is InChI=1S/C30H30N2O4/c1-18(21-16-23(27(35)29(2,3)25(21)33)31-19-12-8-6-9-13-19)22-17-24(28(36)30(4,5)26(22)34)32-20-14-10-7-11-15-20/h6-17,21,31-32H,1-5H3. The van der Waals surface area contributed by atoms with E-state index >= 15 is 0 Å². The van der Waals surface area contributed by atoms with Crippen molar-refractivity contribution in [2.75, 3.05) is 10.6 Å². The van der Waals surface area contributed by atoms with Gasteiger partial charge in [-0.05, 0) is 76.6 Å². The Balaban J connectivity index is 1.82. The van der Waals surface area contributed by atoms with Gasteiger partial charge in [0.1, 0.15) is 0 Å². The van der Waals surface area contributed by atoms with E-state index in [1.165, 1.54) is 6.08 Å². The number of allylic oxidation sites excluding steroid dienone is 6. The molecule has 0 radical (unpaired) electrons. The maximum Gasteiger partial charge on any atom is 0.192 e. The molecule has 0 saturated carbocycles. The van der Waals surface area contributed by atoms with Gasteiger partial charge in [-0.3, -0.25) is 19.2 Å². The first kappa shape index (κ1) is 25.0. The van der Waals surface area contributed by atoms with Crippen LogP contribution < -0.4 is 10.6 Å². The van der Waals surface area contributed by atoms with E-state index in [1.54, 1.807) is 40.7 Å². The van der Waals surface area contributed by atoms with Crippen molar-refractivity contribution in [2.45, 2.75) is 34.6 Å². The minimum atomic E-state index is -1.31. The van der Waals surface area contributed by atoms with E-state index < -0.39 is 16.7 Å². The molecule has 0 spiro atoms. The fourth-order valence-electron chi connectivity index (χ4n) is 4.53. The first-order valence-electron chi connectivity index (χ1n) is 11.9. The van der Waals surface area contributed by atoms with E-state index in [0.29, 0.717) is 22.5 Å². The number of hydrogen-bond donors (Lipinski definition) is 2. The van der Waals surface area contributed by atoms with Gasteiger partial charge in [0.2, 0.25) is 0 Å². The number of ketones is 4. The van der Waals surface area contributed by atoms with Crippen molar-refractivity contribution in [3.63, 3.8) is 0 Å². The predicted molar refractivity (Wildman–Crippen MR) is 140 cm³/mol. The summed E-state index contributed by atoms with van der Waals surface area (Å²) in [6.07, 6.45) is 3.13. The first-order valence-corrected chi connectivity index (χ1v) is 11.9. The van der Waals surface area contributed by atoms with Crippen molar-refractivity contribution in [3.05, 3.63) is 95.4 Å². The molecule has 1 unspecified atom stereocenters. The highest BCUT2D eigenvalue weighted by atomic mass is 16.2. The second kappa shape index (κ2) is 9.19. The van der Waals surface area contributed by atoms with Crippen molar-refractivity contribution in [2.24, 2.45) is 16.7 Å². The molecule has 6 nitrogen and oxygen atoms in total. The molecule has 36 heavy (non-hydrogen) atoms. The van der Waals surface area contributed by atoms with Crippen molar-refractivity contribution in [3.8, 4) is 0 Å². The molecule has 4 rings (SSSR count). The molecule has 2 N–H and O–H groups in total. The van der Waals surface area contributed by atoms with E-state index in [0.717, 1.165) is 5.69 Å². The third-order valence-corrected chi connectivity index (χ3v) is 6.95. The predicted octanol–water partition coefficient (Wildman–Crippen LogP) is 5.27. The van der Waals surface area contributed by atoms with E-state index in [1.807, 2.05) is 60.7 Å². The maximum absolute atomic E-state index is 13.5. The monoisotopic (exact) mass is 482 g/mol. The minimum Gasteiger partial charge on any atom is -0.353 e. The van der Waals surface area contributed by atoms with Crippen molar-refractivity contribution >= 4 is 34.5 Å². The number of Topliss-reactive ketones (excluding diaryl/α,β-unsaturated/α-hetero) is 4. The Hall–Kier alpha value is -4.06. The third-order valence-electron chi connectivity index (χ3n) is 6.95. The summed E-state index contributed by atoms with van der Waals surface area (Å²) in [4.78, 5) is 53.3. The van der Waals surface area contributed by atoms with Gasteiger partial charge in [0, 0.05) is 16.9 Å². The average molecular weight is 483 g/mol. The van der Waals surface area contributed by atoms with Crippen LogP contribution in [-0.4, -0.2) is 23.1 Å². The lowest BCUT2D eigenvalue weighted by atomic mass is 9.67. The molecule has 2 aromatic rings. The molecule has 2 aliphatic rings. The normalized spacial score (nSPS) is 22.5. The number of rotatable bonds is 5. The van der Waals surface area contributed by atoms with Crippen LogP contribution in [0.1, 0.15) is 34.6 Å². The highest BCUT2D eigenvalue weighted by Gasteiger charge is 2.48. The summed E-state index contributed by atoms with van der Waals surface area (Å²) in [7, 11) is 0. The third kappa shape index (κ3) is 4.35. The number of para-hydroxylation sites is 2. The molecule has 2 aromatic carbocycles. The van der Waals surface area contributed by atoms with Gasteiger partial charge in [0.15, 0.2) is 23.1 Å². The largest absolute Gasteiger partial charge is 0.353 e. The van der Waals surface area contributed by atoms with Gasteiger partial charge in [-0.2, -0.15) is 0 Å². The molecule has 2 aliphatic carbocycles. The van der Waals surface area contributed by atoms with E-state index in [-0.39, 0.29) is 28.8 Å². The van der Waals surface area contributed by atoms with Crippen LogP contribution in [0.5, 0.6) is 0 Å². The van der Waals surface area contributed by atoms with Gasteiger partial charge in [-0.1, -0.05) is 36.4 Å². The summed E-state index contributed by atoms with van der Waals surface area (Å²) in [5.41, 5.74) is 0.250. The van der Waals surface area contributed by atoms with Crippen LogP contribution in [0.3, 0.4) is 0 Å². The second-order valence-corrected chi connectivity index (χ2v) is 10.3. The Morgan fingerprint density at radius 3 is 1.67 bits per heavy atom. The van der Waals surface area contributed by atoms with Crippen LogP contribution in [0.15, 0.2) is 95.4 Å². The van der Waals surface area contributed by atoms with Gasteiger partial charge in [0.25, 0.3) is 0 Å². The molecule has 0 bridgehead atoms. The lowest BCUT2D eigenvalue weighted by Gasteiger charge is -2.35. The number of carbonyl (C=O) groups is 4. The summed E-state index contributed by atoms with van der Waals surface area (Å²) in [5.74, 6) is -2.07. The van der Waals surface area contributed by atoms with Crippen LogP contribution in [0.25, 0.3) is 0 Å². The number of nitrogens with one attached hydrogen (secondary N) is 2. The lowest BCUT2D eigenvalue weighted by Crippen LogP contribution is -2.45. The molecule has 0 saturated heterocycles. The van der Waals surface area contributed by atoms with E-state index in [9.17, 15) is 19.2 Å². The molecule has 0 aromatic heterocycles. The van der Waals surface area contributed by atoms with Crippen LogP contribution >= 0.6 is 0 Å². The van der Waals surface area contributed by atoms with Gasteiger partial charge in [-0.15, -0.1) is 0 Å². The Labute approximate surface area is 211 Å². The smallest absolute Gasteiger partial charge is 0.192 e. The summed E-state index contributed by atoms with van der Waals surface area (Å²) >= 11 is 0. The highest BCUT2D eigenvalue weighted by Crippen LogP contribution is 2.40. The quantitative estimate of drug-likeness (QED) is 0.446. The zero-order chi connectivity index (χ0) is 26.3. The molecule has 184 valence electrons. The molecule has 6 heteroatoms. The molecular formula is C30H30N2O4. The van der Waals surface area contributed by atoms with Crippen LogP contribution in [0.2, 0.25) is 0 Å². The minimum absolute atomic E-state index is 0.283. The highest BCUT2D eigenvalue weighted by molar-refractivity contribution is 6.25. The Kier molecular flexibility index (Phi) is 6.39. The summed E-state index contributed by atoms with van der Waals surface area (Å²) in [6, 6.07) is 18.5. The van der Waals surface area contributed by atoms with Crippen LogP contribution in [0.4, 0.5) is 11.4 Å². The topological polar surface area (TPSA) is 92.3 Å². The fraction of sp³-hybridized carbons (Fsp3) is 0.267. The van der Waals surface area contributed by atoms with Gasteiger partial charge in [0.05, 0.1) is 28.1 Å². The SMILES string of the molecule is CC(=C1C=C(Nc2ccccc2)C(=O)C(C)(C)C1=O)C1C=C(Nc2ccccc2)C(=O)C(C)(C)C1=O. The Morgan fingerprint density at radius 1 is 0.667 bits per heavy atom. The number of carbonyl (C=O) groups excluding carboxylic acids is 4. The Bertz CT molecular complexity index is 1350. The lowest BCUT2D eigenvalue weighted by molar-refractivity contribution is -0.138. The van der Waals surface area contributed by atoms with Gasteiger partial charge in [-0.25, -0.2) is 0 Å². The maximum atomic E-state index is 13.5. The first-order chi connectivity index (χ1) is 16.9. The fourth-order valence-corrected chi connectivity index (χ4v) is 4.53. The summed E-state index contributed by atoms with van der Waals surface area (Å²) in [6.45, 7) is 8.13. The number of anilines is 2. The van der Waals surface area contributed by atoms with Crippen LogP contribution in [-0.2, 0) is 19.2 Å². The number of benzene rings is 2. The van der Waals surface area contributed by atoms with E-state index in [4.69, 9.17) is 0 Å².